The van der Waals surface area contributed by atoms with Crippen molar-refractivity contribution in [3.8, 4) is 0 Å². The number of nitrogens with one attached hydrogen (secondary N) is 1. The lowest BCUT2D eigenvalue weighted by Crippen LogP contribution is -2.36. The van der Waals surface area contributed by atoms with E-state index in [4.69, 9.17) is 0 Å². The third-order valence-corrected chi connectivity index (χ3v) is 2.53. The molecule has 1 rings (SSSR count). The van der Waals surface area contributed by atoms with E-state index in [9.17, 15) is 0 Å². The Morgan fingerprint density at radius 3 is 2.59 bits per heavy atom. The molecule has 0 aromatic carbocycles. The molecule has 1 aromatic heterocycles. The standard InChI is InChI=1S/C12H25N5/c1-10(2)7-6-8-17-11(14-15-16-17)9-13-12(3,4)5/h10,13H,6-9H2,1-5H3. The zero-order chi connectivity index (χ0) is 12.9. The molecule has 0 amide bonds. The minimum Gasteiger partial charge on any atom is -0.305 e. The first-order chi connectivity index (χ1) is 7.88. The number of nitrogens with zero attached hydrogens (tertiary/aromatic N) is 4. The molecular weight excluding hydrogens is 214 g/mol. The van der Waals surface area contributed by atoms with Gasteiger partial charge in [0.25, 0.3) is 0 Å². The van der Waals surface area contributed by atoms with Crippen LogP contribution in [0.15, 0.2) is 0 Å². The zero-order valence-corrected chi connectivity index (χ0v) is 11.7. The zero-order valence-electron chi connectivity index (χ0n) is 11.7. The highest BCUT2D eigenvalue weighted by Crippen LogP contribution is 2.06. The monoisotopic (exact) mass is 239 g/mol. The third-order valence-electron chi connectivity index (χ3n) is 2.53. The van der Waals surface area contributed by atoms with Gasteiger partial charge in [0.2, 0.25) is 0 Å². The van der Waals surface area contributed by atoms with Crippen molar-refractivity contribution in [2.45, 2.75) is 66.1 Å². The Balaban J connectivity index is 2.43. The molecule has 17 heavy (non-hydrogen) atoms. The molecule has 1 aromatic rings. The second kappa shape index (κ2) is 6.10. The van der Waals surface area contributed by atoms with Crippen LogP contribution in [0.1, 0.15) is 53.3 Å². The lowest BCUT2D eigenvalue weighted by molar-refractivity contribution is 0.402. The van der Waals surface area contributed by atoms with Gasteiger partial charge in [-0.25, -0.2) is 4.68 Å². The fourth-order valence-electron chi connectivity index (χ4n) is 1.52. The Morgan fingerprint density at radius 2 is 2.00 bits per heavy atom. The lowest BCUT2D eigenvalue weighted by atomic mass is 10.1. The predicted octanol–water partition coefficient (Wildman–Crippen LogP) is 2.00. The number of hydrogen-bond acceptors (Lipinski definition) is 4. The van der Waals surface area contributed by atoms with Crippen LogP contribution in [-0.2, 0) is 13.1 Å². The van der Waals surface area contributed by atoms with Crippen molar-refractivity contribution >= 4 is 0 Å². The van der Waals surface area contributed by atoms with Crippen molar-refractivity contribution in [3.63, 3.8) is 0 Å². The van der Waals surface area contributed by atoms with Crippen molar-refractivity contribution in [2.75, 3.05) is 0 Å². The topological polar surface area (TPSA) is 55.6 Å². The predicted molar refractivity (Wildman–Crippen MR) is 68.5 cm³/mol. The van der Waals surface area contributed by atoms with Crippen LogP contribution < -0.4 is 5.32 Å². The van der Waals surface area contributed by atoms with Gasteiger partial charge in [0.05, 0.1) is 6.54 Å². The first-order valence-electron chi connectivity index (χ1n) is 6.38. The first kappa shape index (κ1) is 14.1. The maximum absolute atomic E-state index is 4.06. The molecule has 0 radical (unpaired) electrons. The van der Waals surface area contributed by atoms with Crippen molar-refractivity contribution in [3.05, 3.63) is 5.82 Å². The molecule has 1 N–H and O–H groups in total. The van der Waals surface area contributed by atoms with E-state index in [0.717, 1.165) is 31.3 Å². The molecule has 0 saturated heterocycles. The van der Waals surface area contributed by atoms with Gasteiger partial charge >= 0.3 is 0 Å². The Bertz CT molecular complexity index is 324. The van der Waals surface area contributed by atoms with Crippen molar-refractivity contribution in [1.82, 2.24) is 25.5 Å². The summed E-state index contributed by atoms with van der Waals surface area (Å²) in [7, 11) is 0. The van der Waals surface area contributed by atoms with E-state index in [1.165, 1.54) is 6.42 Å². The second-order valence-electron chi connectivity index (χ2n) is 5.96. The van der Waals surface area contributed by atoms with E-state index in [0.29, 0.717) is 0 Å². The molecule has 5 heteroatoms. The summed E-state index contributed by atoms with van der Waals surface area (Å²) in [5.74, 6) is 1.66. The van der Waals surface area contributed by atoms with Crippen LogP contribution in [0.2, 0.25) is 0 Å². The smallest absolute Gasteiger partial charge is 0.165 e. The summed E-state index contributed by atoms with van der Waals surface area (Å²) in [6, 6.07) is 0. The molecule has 98 valence electrons. The third kappa shape index (κ3) is 5.77. The Labute approximate surface area is 104 Å². The fourth-order valence-corrected chi connectivity index (χ4v) is 1.52. The number of rotatable bonds is 6. The van der Waals surface area contributed by atoms with E-state index in [1.54, 1.807) is 0 Å². The molecule has 1 heterocycles. The van der Waals surface area contributed by atoms with Gasteiger partial charge in [-0.1, -0.05) is 13.8 Å². The molecular formula is C12H25N5. The Kier molecular flexibility index (Phi) is 5.05. The molecule has 0 aliphatic carbocycles. The maximum atomic E-state index is 4.06. The van der Waals surface area contributed by atoms with Gasteiger partial charge in [0, 0.05) is 12.1 Å². The van der Waals surface area contributed by atoms with Crippen LogP contribution in [0, 0.1) is 5.92 Å². The Hall–Kier alpha value is -0.970. The fraction of sp³-hybridized carbons (Fsp3) is 0.917. The highest BCUT2D eigenvalue weighted by Gasteiger charge is 2.12. The molecule has 0 fully saturated rings. The van der Waals surface area contributed by atoms with Crippen LogP contribution >= 0.6 is 0 Å². The molecule has 0 saturated carbocycles. The molecule has 0 atom stereocenters. The van der Waals surface area contributed by atoms with E-state index in [2.05, 4.69) is 55.5 Å². The summed E-state index contributed by atoms with van der Waals surface area (Å²) in [6.45, 7) is 12.5. The number of tetrazole rings is 1. The lowest BCUT2D eigenvalue weighted by Gasteiger charge is -2.19. The van der Waals surface area contributed by atoms with Crippen molar-refractivity contribution in [1.29, 1.82) is 0 Å². The summed E-state index contributed by atoms with van der Waals surface area (Å²) in [6.07, 6.45) is 2.34. The van der Waals surface area contributed by atoms with E-state index in [-0.39, 0.29) is 5.54 Å². The minimum atomic E-state index is 0.0920. The summed E-state index contributed by atoms with van der Waals surface area (Å²) in [5.41, 5.74) is 0.0920. The molecule has 0 unspecified atom stereocenters. The molecule has 0 spiro atoms. The quantitative estimate of drug-likeness (QED) is 0.825. The molecule has 0 aliphatic rings. The van der Waals surface area contributed by atoms with E-state index in [1.807, 2.05) is 4.68 Å². The Morgan fingerprint density at radius 1 is 1.29 bits per heavy atom. The average molecular weight is 239 g/mol. The van der Waals surface area contributed by atoms with Gasteiger partial charge in [0.1, 0.15) is 0 Å². The normalized spacial score (nSPS) is 12.4. The van der Waals surface area contributed by atoms with Crippen LogP contribution in [-0.4, -0.2) is 25.7 Å². The number of aryl methyl sites for hydroxylation is 1. The SMILES string of the molecule is CC(C)CCCn1nnnc1CNC(C)(C)C. The summed E-state index contributed by atoms with van der Waals surface area (Å²) in [4.78, 5) is 0. The summed E-state index contributed by atoms with van der Waals surface area (Å²) in [5, 5.41) is 15.2. The van der Waals surface area contributed by atoms with E-state index >= 15 is 0 Å². The van der Waals surface area contributed by atoms with E-state index < -0.39 is 0 Å². The second-order valence-corrected chi connectivity index (χ2v) is 5.96. The van der Waals surface area contributed by atoms with Gasteiger partial charge in [-0.2, -0.15) is 0 Å². The number of hydrogen-bond donors (Lipinski definition) is 1. The van der Waals surface area contributed by atoms with Gasteiger partial charge in [0.15, 0.2) is 5.82 Å². The largest absolute Gasteiger partial charge is 0.305 e. The molecule has 0 aliphatic heterocycles. The highest BCUT2D eigenvalue weighted by atomic mass is 15.5. The van der Waals surface area contributed by atoms with Crippen molar-refractivity contribution in [2.24, 2.45) is 5.92 Å². The van der Waals surface area contributed by atoms with Crippen LogP contribution in [0.3, 0.4) is 0 Å². The summed E-state index contributed by atoms with van der Waals surface area (Å²) >= 11 is 0. The molecule has 5 nitrogen and oxygen atoms in total. The molecule has 0 bridgehead atoms. The van der Waals surface area contributed by atoms with Gasteiger partial charge in [-0.15, -0.1) is 5.10 Å². The minimum absolute atomic E-state index is 0.0920. The summed E-state index contributed by atoms with van der Waals surface area (Å²) < 4.78 is 1.90. The maximum Gasteiger partial charge on any atom is 0.165 e. The van der Waals surface area contributed by atoms with Crippen molar-refractivity contribution < 1.29 is 0 Å². The van der Waals surface area contributed by atoms with Crippen LogP contribution in [0.25, 0.3) is 0 Å². The van der Waals surface area contributed by atoms with Crippen LogP contribution in [0.4, 0.5) is 0 Å². The first-order valence-corrected chi connectivity index (χ1v) is 6.38. The van der Waals surface area contributed by atoms with Gasteiger partial charge in [-0.05, 0) is 50.0 Å². The average Bonchev–Trinajstić information content (AvgIpc) is 2.61. The number of aromatic nitrogens is 4. The van der Waals surface area contributed by atoms with Crippen LogP contribution in [0.5, 0.6) is 0 Å². The van der Waals surface area contributed by atoms with Gasteiger partial charge < -0.3 is 5.32 Å². The highest BCUT2D eigenvalue weighted by molar-refractivity contribution is 4.83. The van der Waals surface area contributed by atoms with Gasteiger partial charge in [-0.3, -0.25) is 0 Å².